The lowest BCUT2D eigenvalue weighted by atomic mass is 10.0. The van der Waals surface area contributed by atoms with E-state index >= 15 is 0 Å². The van der Waals surface area contributed by atoms with Gasteiger partial charge in [0, 0.05) is 35.9 Å². The molecule has 6 heteroatoms. The molecule has 108 valence electrons. The number of halogens is 2. The highest BCUT2D eigenvalue weighted by molar-refractivity contribution is 6.30. The highest BCUT2D eigenvalue weighted by atomic mass is 35.5. The summed E-state index contributed by atoms with van der Waals surface area (Å²) in [7, 11) is 0. The Hall–Kier alpha value is -1.43. The van der Waals surface area contributed by atoms with Crippen LogP contribution in [0.15, 0.2) is 30.6 Å². The van der Waals surface area contributed by atoms with E-state index in [1.807, 2.05) is 6.20 Å². The van der Waals surface area contributed by atoms with Crippen LogP contribution >= 0.6 is 11.6 Å². The van der Waals surface area contributed by atoms with E-state index in [4.69, 9.17) is 17.4 Å². The Morgan fingerprint density at radius 3 is 2.95 bits per heavy atom. The zero-order valence-electron chi connectivity index (χ0n) is 11.3. The van der Waals surface area contributed by atoms with Crippen LogP contribution in [0.3, 0.4) is 0 Å². The van der Waals surface area contributed by atoms with Gasteiger partial charge in [0.1, 0.15) is 11.6 Å². The lowest BCUT2D eigenvalue weighted by molar-refractivity contribution is 0.489. The van der Waals surface area contributed by atoms with Crippen LogP contribution in [0.4, 0.5) is 4.39 Å². The average molecular weight is 297 g/mol. The van der Waals surface area contributed by atoms with Crippen LogP contribution in [0.25, 0.3) is 0 Å². The predicted octanol–water partition coefficient (Wildman–Crippen LogP) is 2.83. The van der Waals surface area contributed by atoms with E-state index in [1.165, 1.54) is 6.07 Å². The first kappa shape index (κ1) is 15.0. The van der Waals surface area contributed by atoms with Gasteiger partial charge in [-0.1, -0.05) is 24.6 Å². The molecule has 0 bridgehead atoms. The highest BCUT2D eigenvalue weighted by Gasteiger charge is 2.17. The molecule has 0 radical (unpaired) electrons. The van der Waals surface area contributed by atoms with Crippen LogP contribution in [0.5, 0.6) is 0 Å². The molecule has 4 nitrogen and oxygen atoms in total. The van der Waals surface area contributed by atoms with Gasteiger partial charge in [-0.25, -0.2) is 9.37 Å². The number of hydrogen-bond donors (Lipinski definition) is 2. The normalized spacial score (nSPS) is 12.6. The lowest BCUT2D eigenvalue weighted by Crippen LogP contribution is -2.31. The van der Waals surface area contributed by atoms with Gasteiger partial charge in [0.2, 0.25) is 0 Å². The molecule has 20 heavy (non-hydrogen) atoms. The summed E-state index contributed by atoms with van der Waals surface area (Å²) in [6.07, 6.45) is 5.20. The Labute approximate surface area is 122 Å². The molecule has 0 saturated carbocycles. The van der Waals surface area contributed by atoms with E-state index < -0.39 is 0 Å². The highest BCUT2D eigenvalue weighted by Crippen LogP contribution is 2.23. The number of nitrogens with zero attached hydrogens (tertiary/aromatic N) is 2. The number of aryl methyl sites for hydroxylation is 1. The molecule has 1 atom stereocenters. The summed E-state index contributed by atoms with van der Waals surface area (Å²) in [6.45, 7) is 2.98. The van der Waals surface area contributed by atoms with Gasteiger partial charge < -0.3 is 4.57 Å². The maximum atomic E-state index is 14.0. The summed E-state index contributed by atoms with van der Waals surface area (Å²) >= 11 is 5.77. The molecule has 1 aromatic carbocycles. The molecule has 0 aliphatic heterocycles. The van der Waals surface area contributed by atoms with Crippen molar-refractivity contribution in [3.8, 4) is 0 Å². The zero-order valence-corrected chi connectivity index (χ0v) is 12.1. The van der Waals surface area contributed by atoms with Crippen molar-refractivity contribution in [1.82, 2.24) is 15.0 Å². The van der Waals surface area contributed by atoms with Crippen molar-refractivity contribution in [2.75, 3.05) is 0 Å². The summed E-state index contributed by atoms with van der Waals surface area (Å²) < 4.78 is 16.0. The van der Waals surface area contributed by atoms with Crippen molar-refractivity contribution in [3.63, 3.8) is 0 Å². The third kappa shape index (κ3) is 3.36. The molecule has 1 unspecified atom stereocenters. The van der Waals surface area contributed by atoms with Gasteiger partial charge in [-0.05, 0) is 18.6 Å². The number of imidazole rings is 1. The average Bonchev–Trinajstić information content (AvgIpc) is 2.84. The minimum Gasteiger partial charge on any atom is -0.335 e. The third-order valence-corrected chi connectivity index (χ3v) is 3.43. The Kier molecular flexibility index (Phi) is 5.11. The third-order valence-electron chi connectivity index (χ3n) is 3.19. The van der Waals surface area contributed by atoms with Gasteiger partial charge in [-0.3, -0.25) is 11.3 Å². The molecule has 1 aromatic heterocycles. The van der Waals surface area contributed by atoms with Crippen LogP contribution in [0.2, 0.25) is 5.02 Å². The fraction of sp³-hybridized carbons (Fsp3) is 0.357. The smallest absolute Gasteiger partial charge is 0.129 e. The predicted molar refractivity (Wildman–Crippen MR) is 77.7 cm³/mol. The number of rotatable bonds is 6. The zero-order chi connectivity index (χ0) is 14.5. The molecule has 0 aliphatic rings. The molecular weight excluding hydrogens is 279 g/mol. The van der Waals surface area contributed by atoms with Crippen molar-refractivity contribution >= 4 is 11.6 Å². The maximum Gasteiger partial charge on any atom is 0.129 e. The van der Waals surface area contributed by atoms with Crippen LogP contribution in [-0.2, 0) is 13.0 Å². The summed E-state index contributed by atoms with van der Waals surface area (Å²) in [5.74, 6) is 6.08. The number of nitrogens with one attached hydrogen (secondary N) is 1. The fourth-order valence-electron chi connectivity index (χ4n) is 2.20. The Balaban J connectivity index is 2.22. The number of hydrogen-bond acceptors (Lipinski definition) is 3. The van der Waals surface area contributed by atoms with Crippen molar-refractivity contribution < 1.29 is 4.39 Å². The van der Waals surface area contributed by atoms with Gasteiger partial charge in [-0.2, -0.15) is 0 Å². The van der Waals surface area contributed by atoms with E-state index in [2.05, 4.69) is 21.9 Å². The second kappa shape index (κ2) is 6.83. The van der Waals surface area contributed by atoms with Crippen LogP contribution in [-0.4, -0.2) is 9.55 Å². The van der Waals surface area contributed by atoms with Crippen LogP contribution < -0.4 is 11.3 Å². The van der Waals surface area contributed by atoms with Crippen molar-refractivity contribution in [2.24, 2.45) is 5.84 Å². The molecule has 2 rings (SSSR count). The summed E-state index contributed by atoms with van der Waals surface area (Å²) in [6, 6.07) is 4.25. The van der Waals surface area contributed by atoms with Gasteiger partial charge in [0.25, 0.3) is 0 Å². The standard InChI is InChI=1S/C14H18ClFN4/c1-2-6-20-7-5-18-14(20)9-13(19-17)11-4-3-10(15)8-12(11)16/h3-5,7-8,13,19H,2,6,9,17H2,1H3. The molecule has 0 saturated heterocycles. The van der Waals surface area contributed by atoms with Gasteiger partial charge in [-0.15, -0.1) is 0 Å². The molecule has 0 aliphatic carbocycles. The number of benzene rings is 1. The Bertz CT molecular complexity index is 570. The minimum absolute atomic E-state index is 0.342. The largest absolute Gasteiger partial charge is 0.335 e. The summed E-state index contributed by atoms with van der Waals surface area (Å²) in [5.41, 5.74) is 3.14. The Morgan fingerprint density at radius 2 is 2.30 bits per heavy atom. The fourth-order valence-corrected chi connectivity index (χ4v) is 2.36. The number of aromatic nitrogens is 2. The van der Waals surface area contributed by atoms with E-state index in [1.54, 1.807) is 18.3 Å². The lowest BCUT2D eigenvalue weighted by Gasteiger charge is -2.17. The molecule has 3 N–H and O–H groups in total. The van der Waals surface area contributed by atoms with Gasteiger partial charge in [0.15, 0.2) is 0 Å². The topological polar surface area (TPSA) is 55.9 Å². The van der Waals surface area contributed by atoms with Gasteiger partial charge in [0.05, 0.1) is 6.04 Å². The Morgan fingerprint density at radius 1 is 1.50 bits per heavy atom. The quantitative estimate of drug-likeness (QED) is 0.636. The molecule has 0 amide bonds. The molecule has 1 heterocycles. The second-order valence-electron chi connectivity index (χ2n) is 4.63. The van der Waals surface area contributed by atoms with Crippen molar-refractivity contribution in [1.29, 1.82) is 0 Å². The SMILES string of the molecule is CCCn1ccnc1CC(NN)c1ccc(Cl)cc1F. The summed E-state index contributed by atoms with van der Waals surface area (Å²) in [5, 5.41) is 0.370. The minimum atomic E-state index is -0.367. The van der Waals surface area contributed by atoms with Crippen molar-refractivity contribution in [2.45, 2.75) is 32.4 Å². The molecule has 2 aromatic rings. The van der Waals surface area contributed by atoms with E-state index in [0.717, 1.165) is 18.8 Å². The monoisotopic (exact) mass is 296 g/mol. The van der Waals surface area contributed by atoms with E-state index in [-0.39, 0.29) is 11.9 Å². The molecule has 0 fully saturated rings. The number of nitrogens with two attached hydrogens (primary N) is 1. The molecule has 0 spiro atoms. The molecular formula is C14H18ClFN4. The maximum absolute atomic E-state index is 14.0. The van der Waals surface area contributed by atoms with Crippen molar-refractivity contribution in [3.05, 3.63) is 52.8 Å². The van der Waals surface area contributed by atoms with E-state index in [9.17, 15) is 4.39 Å². The number of hydrazine groups is 1. The van der Waals surface area contributed by atoms with E-state index in [0.29, 0.717) is 17.0 Å². The summed E-state index contributed by atoms with van der Waals surface area (Å²) in [4.78, 5) is 4.31. The van der Waals surface area contributed by atoms with Crippen LogP contribution in [0.1, 0.15) is 30.8 Å². The first-order valence-corrected chi connectivity index (χ1v) is 6.94. The first-order chi connectivity index (χ1) is 9.65. The van der Waals surface area contributed by atoms with Gasteiger partial charge >= 0.3 is 0 Å². The van der Waals surface area contributed by atoms with Crippen LogP contribution in [0, 0.1) is 5.82 Å². The second-order valence-corrected chi connectivity index (χ2v) is 5.06. The first-order valence-electron chi connectivity index (χ1n) is 6.56.